The summed E-state index contributed by atoms with van der Waals surface area (Å²) in [6.07, 6.45) is 1.26. The Bertz CT molecular complexity index is 716. The first-order valence-electron chi connectivity index (χ1n) is 8.90. The lowest BCUT2D eigenvalue weighted by atomic mass is 9.89. The van der Waals surface area contributed by atoms with Crippen LogP contribution in [-0.4, -0.2) is 41.4 Å². The fraction of sp³-hybridized carbons (Fsp3) is 0.550. The summed E-state index contributed by atoms with van der Waals surface area (Å²) in [5.41, 5.74) is 6.57. The molecule has 1 saturated heterocycles. The van der Waals surface area contributed by atoms with E-state index in [0.29, 0.717) is 5.41 Å². The van der Waals surface area contributed by atoms with Gasteiger partial charge in [0.15, 0.2) is 0 Å². The highest BCUT2D eigenvalue weighted by Crippen LogP contribution is 2.27. The average molecular weight is 363 g/mol. The zero-order valence-electron chi connectivity index (χ0n) is 16.1. The molecule has 0 aliphatic carbocycles. The molecule has 1 aliphatic rings. The Balaban J connectivity index is 0.00000225. The van der Waals surface area contributed by atoms with Gasteiger partial charge in [-0.15, -0.1) is 12.4 Å². The van der Waals surface area contributed by atoms with Crippen molar-refractivity contribution in [3.05, 3.63) is 46.8 Å². The first kappa shape index (κ1) is 20.0. The maximum atomic E-state index is 4.82. The summed E-state index contributed by atoms with van der Waals surface area (Å²) < 4.78 is 2.10. The second-order valence-electron chi connectivity index (χ2n) is 7.76. The van der Waals surface area contributed by atoms with Crippen molar-refractivity contribution < 1.29 is 0 Å². The smallest absolute Gasteiger partial charge is 0.0678 e. The van der Waals surface area contributed by atoms with E-state index in [1.54, 1.807) is 0 Å². The number of nitrogens with zero attached hydrogens (tertiary/aromatic N) is 3. The number of para-hydroxylation sites is 1. The fourth-order valence-corrected chi connectivity index (χ4v) is 3.92. The van der Waals surface area contributed by atoms with Crippen LogP contribution in [0.25, 0.3) is 5.69 Å². The molecule has 25 heavy (non-hydrogen) atoms. The molecule has 1 atom stereocenters. The van der Waals surface area contributed by atoms with Crippen molar-refractivity contribution in [3.63, 3.8) is 0 Å². The largest absolute Gasteiger partial charge is 0.316 e. The molecule has 0 spiro atoms. The molecule has 0 amide bonds. The molecule has 1 aromatic carbocycles. The van der Waals surface area contributed by atoms with E-state index < -0.39 is 0 Å². The van der Waals surface area contributed by atoms with Crippen molar-refractivity contribution in [2.45, 2.75) is 40.7 Å². The number of rotatable bonds is 5. The summed E-state index contributed by atoms with van der Waals surface area (Å²) in [6, 6.07) is 8.45. The molecule has 0 radical (unpaired) electrons. The second-order valence-corrected chi connectivity index (χ2v) is 7.76. The first-order chi connectivity index (χ1) is 11.4. The summed E-state index contributed by atoms with van der Waals surface area (Å²) >= 11 is 0. The standard InChI is InChI=1S/C20H30N4.ClH/c1-15-8-6-7-9-19(15)24-17(3)18(16(2)22-24)12-23(5)14-20(4)10-11-21-13-20;/h6-9,21H,10-14H2,1-5H3;1H. The SMILES string of the molecule is Cc1ccccc1-n1nc(C)c(CN(C)CC2(C)CCNC2)c1C.Cl. The van der Waals surface area contributed by atoms with Crippen LogP contribution in [0.1, 0.15) is 35.9 Å². The Labute approximate surface area is 158 Å². The molecular weight excluding hydrogens is 332 g/mol. The van der Waals surface area contributed by atoms with Crippen LogP contribution < -0.4 is 5.32 Å². The summed E-state index contributed by atoms with van der Waals surface area (Å²) in [6.45, 7) is 13.2. The third-order valence-electron chi connectivity index (χ3n) is 5.32. The monoisotopic (exact) mass is 362 g/mol. The van der Waals surface area contributed by atoms with E-state index in [9.17, 15) is 0 Å². The predicted molar refractivity (Wildman–Crippen MR) is 107 cm³/mol. The van der Waals surface area contributed by atoms with Crippen molar-refractivity contribution in [2.75, 3.05) is 26.7 Å². The van der Waals surface area contributed by atoms with Gasteiger partial charge in [0.2, 0.25) is 0 Å². The molecule has 3 rings (SSSR count). The molecule has 138 valence electrons. The van der Waals surface area contributed by atoms with Crippen molar-refractivity contribution in [2.24, 2.45) is 5.41 Å². The normalized spacial score (nSPS) is 20.1. The second kappa shape index (κ2) is 7.90. The third-order valence-corrected chi connectivity index (χ3v) is 5.32. The van der Waals surface area contributed by atoms with E-state index in [4.69, 9.17) is 5.10 Å². The first-order valence-corrected chi connectivity index (χ1v) is 8.90. The summed E-state index contributed by atoms with van der Waals surface area (Å²) in [5.74, 6) is 0. The topological polar surface area (TPSA) is 33.1 Å². The molecular formula is C20H31ClN4. The summed E-state index contributed by atoms with van der Waals surface area (Å²) in [5, 5.41) is 8.31. The molecule has 2 heterocycles. The van der Waals surface area contributed by atoms with Crippen LogP contribution in [0.15, 0.2) is 24.3 Å². The van der Waals surface area contributed by atoms with Crippen molar-refractivity contribution >= 4 is 12.4 Å². The Morgan fingerprint density at radius 1 is 1.24 bits per heavy atom. The van der Waals surface area contributed by atoms with Crippen LogP contribution in [0, 0.1) is 26.2 Å². The number of aromatic nitrogens is 2. The van der Waals surface area contributed by atoms with Gasteiger partial charge >= 0.3 is 0 Å². The number of aryl methyl sites for hydroxylation is 2. The lowest BCUT2D eigenvalue weighted by Gasteiger charge is -2.29. The molecule has 4 nitrogen and oxygen atoms in total. The molecule has 1 aliphatic heterocycles. The average Bonchev–Trinajstić information content (AvgIpc) is 3.06. The number of hydrogen-bond donors (Lipinski definition) is 1. The quantitative estimate of drug-likeness (QED) is 0.881. The van der Waals surface area contributed by atoms with Crippen LogP contribution in [0.3, 0.4) is 0 Å². The molecule has 2 aromatic rings. The molecule has 0 saturated carbocycles. The van der Waals surface area contributed by atoms with Crippen LogP contribution in [0.4, 0.5) is 0 Å². The van der Waals surface area contributed by atoms with Crippen LogP contribution in [-0.2, 0) is 6.54 Å². The van der Waals surface area contributed by atoms with E-state index in [1.807, 2.05) is 0 Å². The van der Waals surface area contributed by atoms with Gasteiger partial charge in [-0.3, -0.25) is 0 Å². The lowest BCUT2D eigenvalue weighted by molar-refractivity contribution is 0.203. The van der Waals surface area contributed by atoms with Gasteiger partial charge in [-0.1, -0.05) is 25.1 Å². The number of hydrogen-bond acceptors (Lipinski definition) is 3. The molecule has 1 N–H and O–H groups in total. The summed E-state index contributed by atoms with van der Waals surface area (Å²) in [4.78, 5) is 2.45. The van der Waals surface area contributed by atoms with Gasteiger partial charge in [-0.25, -0.2) is 4.68 Å². The highest BCUT2D eigenvalue weighted by Gasteiger charge is 2.30. The Kier molecular flexibility index (Phi) is 6.30. The Morgan fingerprint density at radius 2 is 1.96 bits per heavy atom. The maximum Gasteiger partial charge on any atom is 0.0678 e. The Morgan fingerprint density at radius 3 is 2.60 bits per heavy atom. The van der Waals surface area contributed by atoms with E-state index in [-0.39, 0.29) is 12.4 Å². The molecule has 5 heteroatoms. The van der Waals surface area contributed by atoms with Gasteiger partial charge in [-0.05, 0) is 57.8 Å². The zero-order chi connectivity index (χ0) is 17.3. The maximum absolute atomic E-state index is 4.82. The van der Waals surface area contributed by atoms with E-state index >= 15 is 0 Å². The van der Waals surface area contributed by atoms with E-state index in [1.165, 1.54) is 28.9 Å². The van der Waals surface area contributed by atoms with Crippen LogP contribution >= 0.6 is 12.4 Å². The minimum atomic E-state index is 0. The van der Waals surface area contributed by atoms with Gasteiger partial charge in [0.05, 0.1) is 11.4 Å². The highest BCUT2D eigenvalue weighted by atomic mass is 35.5. The highest BCUT2D eigenvalue weighted by molar-refractivity contribution is 5.85. The minimum absolute atomic E-state index is 0. The van der Waals surface area contributed by atoms with Crippen molar-refractivity contribution in [1.82, 2.24) is 20.0 Å². The van der Waals surface area contributed by atoms with E-state index in [0.717, 1.165) is 31.9 Å². The molecule has 1 unspecified atom stereocenters. The van der Waals surface area contributed by atoms with E-state index in [2.05, 4.69) is 73.9 Å². The Hall–Kier alpha value is -1.36. The van der Waals surface area contributed by atoms with Gasteiger partial charge in [0.25, 0.3) is 0 Å². The number of halogens is 1. The van der Waals surface area contributed by atoms with Gasteiger partial charge in [-0.2, -0.15) is 5.10 Å². The minimum Gasteiger partial charge on any atom is -0.316 e. The number of benzene rings is 1. The molecule has 1 aromatic heterocycles. The lowest BCUT2D eigenvalue weighted by Crippen LogP contribution is -2.35. The fourth-order valence-electron chi connectivity index (χ4n) is 3.92. The third kappa shape index (κ3) is 4.25. The van der Waals surface area contributed by atoms with Crippen molar-refractivity contribution in [1.29, 1.82) is 0 Å². The van der Waals surface area contributed by atoms with Gasteiger partial charge in [0.1, 0.15) is 0 Å². The van der Waals surface area contributed by atoms with Crippen molar-refractivity contribution in [3.8, 4) is 5.69 Å². The van der Waals surface area contributed by atoms with Crippen LogP contribution in [0.2, 0.25) is 0 Å². The van der Waals surface area contributed by atoms with Crippen LogP contribution in [0.5, 0.6) is 0 Å². The van der Waals surface area contributed by atoms with Gasteiger partial charge < -0.3 is 10.2 Å². The molecule has 1 fully saturated rings. The molecule has 0 bridgehead atoms. The predicted octanol–water partition coefficient (Wildman–Crippen LogP) is 3.65. The van der Waals surface area contributed by atoms with Gasteiger partial charge in [0, 0.05) is 30.9 Å². The number of nitrogens with one attached hydrogen (secondary N) is 1. The summed E-state index contributed by atoms with van der Waals surface area (Å²) in [7, 11) is 2.23. The zero-order valence-corrected chi connectivity index (χ0v) is 16.9.